The van der Waals surface area contributed by atoms with Crippen molar-refractivity contribution in [2.75, 3.05) is 34.3 Å². The van der Waals surface area contributed by atoms with Crippen molar-refractivity contribution in [3.63, 3.8) is 0 Å². The largest absolute Gasteiger partial charge is 0.497 e. The number of methoxy groups -OCH3 is 1. The smallest absolute Gasteiger partial charge is 0.247 e. The van der Waals surface area contributed by atoms with E-state index >= 15 is 0 Å². The van der Waals surface area contributed by atoms with Gasteiger partial charge < -0.3 is 21.1 Å². The molecule has 0 amide bonds. The molecule has 2 aromatic rings. The molecule has 0 saturated carbocycles. The summed E-state index contributed by atoms with van der Waals surface area (Å²) in [5.41, 5.74) is 13.7. The first-order valence-electron chi connectivity index (χ1n) is 8.80. The van der Waals surface area contributed by atoms with Crippen LogP contribution in [0.1, 0.15) is 29.6 Å². The van der Waals surface area contributed by atoms with Gasteiger partial charge >= 0.3 is 0 Å². The van der Waals surface area contributed by atoms with Crippen LogP contribution in [-0.2, 0) is 6.42 Å². The molecule has 0 bridgehead atoms. The van der Waals surface area contributed by atoms with E-state index in [0.717, 1.165) is 48.0 Å². The normalized spacial score (nSPS) is 12.7. The third-order valence-corrected chi connectivity index (χ3v) is 4.45. The lowest BCUT2D eigenvalue weighted by Gasteiger charge is -2.12. The number of carbonyl (C=O) groups is 1. The lowest BCUT2D eigenvalue weighted by atomic mass is 10.1. The molecule has 6 nitrogen and oxygen atoms in total. The molecule has 0 radical (unpaired) electrons. The van der Waals surface area contributed by atoms with Gasteiger partial charge in [-0.15, -0.1) is 0 Å². The fourth-order valence-electron chi connectivity index (χ4n) is 2.94. The van der Waals surface area contributed by atoms with E-state index < -0.39 is 6.04 Å². The van der Waals surface area contributed by atoms with Crippen LogP contribution in [0.3, 0.4) is 0 Å². The van der Waals surface area contributed by atoms with Gasteiger partial charge in [-0.05, 0) is 63.7 Å². The molecule has 2 rings (SSSR count). The van der Waals surface area contributed by atoms with Crippen LogP contribution >= 0.6 is 0 Å². The maximum absolute atomic E-state index is 12.8. The Bertz CT molecular complexity index is 709. The summed E-state index contributed by atoms with van der Waals surface area (Å²) in [5.74, 6) is 0.722. The Hall–Kier alpha value is -1.89. The highest BCUT2D eigenvalue weighted by Gasteiger charge is 2.19. The minimum atomic E-state index is -0.508. The minimum absolute atomic E-state index is 0.0664. The number of likely N-dealkylation sites (N-methyl/N-ethyl adjacent to an activating group) is 1. The van der Waals surface area contributed by atoms with Crippen molar-refractivity contribution in [1.82, 2.24) is 9.47 Å². The number of nitrogens with zero attached hydrogens (tertiary/aromatic N) is 2. The lowest BCUT2D eigenvalue weighted by Crippen LogP contribution is -2.34. The molecule has 4 N–H and O–H groups in total. The standard InChI is InChI=1S/C19H30N4O2/c1-22(2)11-9-14-13-23(19(24)17(21)6-4-5-10-20)18-8-7-15(25-3)12-16(14)18/h7-8,12-13,17H,4-6,9-11,20-21H2,1-3H3. The zero-order chi connectivity index (χ0) is 18.4. The van der Waals surface area contributed by atoms with Crippen LogP contribution in [0.5, 0.6) is 5.75 Å². The second-order valence-electron chi connectivity index (χ2n) is 6.69. The van der Waals surface area contributed by atoms with Crippen LogP contribution < -0.4 is 16.2 Å². The molecular formula is C19H30N4O2. The fraction of sp³-hybridized carbons (Fsp3) is 0.526. The predicted octanol–water partition coefficient (Wildman–Crippen LogP) is 1.85. The number of rotatable bonds is 9. The summed E-state index contributed by atoms with van der Waals surface area (Å²) in [5, 5.41) is 1.05. The van der Waals surface area contributed by atoms with E-state index in [0.29, 0.717) is 13.0 Å². The molecule has 0 fully saturated rings. The molecule has 0 spiro atoms. The van der Waals surface area contributed by atoms with Gasteiger partial charge in [0.2, 0.25) is 5.91 Å². The molecule has 25 heavy (non-hydrogen) atoms. The second kappa shape index (κ2) is 8.99. The van der Waals surface area contributed by atoms with E-state index in [1.54, 1.807) is 11.7 Å². The minimum Gasteiger partial charge on any atom is -0.497 e. The number of unbranched alkanes of at least 4 members (excludes halogenated alkanes) is 1. The van der Waals surface area contributed by atoms with Gasteiger partial charge in [0.25, 0.3) is 0 Å². The number of nitrogens with two attached hydrogens (primary N) is 2. The first-order chi connectivity index (χ1) is 12.0. The monoisotopic (exact) mass is 346 g/mol. The summed E-state index contributed by atoms with van der Waals surface area (Å²) in [6, 6.07) is 5.29. The third-order valence-electron chi connectivity index (χ3n) is 4.45. The summed E-state index contributed by atoms with van der Waals surface area (Å²) in [6.45, 7) is 1.54. The number of hydrogen-bond acceptors (Lipinski definition) is 5. The number of benzene rings is 1. The Kier molecular flexibility index (Phi) is 6.99. The van der Waals surface area contributed by atoms with E-state index in [9.17, 15) is 4.79 Å². The highest BCUT2D eigenvalue weighted by molar-refractivity contribution is 5.97. The highest BCUT2D eigenvalue weighted by Crippen LogP contribution is 2.27. The third kappa shape index (κ3) is 4.81. The van der Waals surface area contributed by atoms with E-state index in [-0.39, 0.29) is 5.91 Å². The number of aromatic nitrogens is 1. The maximum atomic E-state index is 12.8. The van der Waals surface area contributed by atoms with Gasteiger partial charge in [-0.2, -0.15) is 0 Å². The Morgan fingerprint density at radius 2 is 2.08 bits per heavy atom. The summed E-state index contributed by atoms with van der Waals surface area (Å²) in [7, 11) is 5.73. The molecule has 138 valence electrons. The first kappa shape index (κ1) is 19.4. The van der Waals surface area contributed by atoms with Crippen molar-refractivity contribution in [3.05, 3.63) is 30.0 Å². The molecule has 1 heterocycles. The predicted molar refractivity (Wildman–Crippen MR) is 102 cm³/mol. The number of hydrogen-bond donors (Lipinski definition) is 2. The molecule has 6 heteroatoms. The summed E-state index contributed by atoms with van der Waals surface area (Å²) < 4.78 is 7.05. The summed E-state index contributed by atoms with van der Waals surface area (Å²) in [4.78, 5) is 15.0. The van der Waals surface area contributed by atoms with Gasteiger partial charge in [0.15, 0.2) is 0 Å². The Balaban J connectivity index is 2.33. The second-order valence-corrected chi connectivity index (χ2v) is 6.69. The van der Waals surface area contributed by atoms with Crippen molar-refractivity contribution >= 4 is 16.8 Å². The quantitative estimate of drug-likeness (QED) is 0.677. The number of fused-ring (bicyclic) bond motifs is 1. The molecule has 1 atom stereocenters. The zero-order valence-electron chi connectivity index (χ0n) is 15.5. The summed E-state index contributed by atoms with van der Waals surface area (Å²) >= 11 is 0. The van der Waals surface area contributed by atoms with Crippen molar-refractivity contribution in [1.29, 1.82) is 0 Å². The van der Waals surface area contributed by atoms with Crippen LogP contribution in [0.15, 0.2) is 24.4 Å². The lowest BCUT2D eigenvalue weighted by molar-refractivity contribution is 0.0879. The van der Waals surface area contributed by atoms with E-state index in [1.807, 2.05) is 38.5 Å². The van der Waals surface area contributed by atoms with Gasteiger partial charge in [-0.25, -0.2) is 0 Å². The van der Waals surface area contributed by atoms with Gasteiger partial charge in [0.1, 0.15) is 5.75 Å². The van der Waals surface area contributed by atoms with Crippen LogP contribution in [0.25, 0.3) is 10.9 Å². The molecule has 0 aliphatic carbocycles. The molecule has 0 saturated heterocycles. The number of ether oxygens (including phenoxy) is 1. The molecule has 0 aliphatic rings. The Labute approximate surface area is 149 Å². The van der Waals surface area contributed by atoms with Crippen molar-refractivity contribution < 1.29 is 9.53 Å². The van der Waals surface area contributed by atoms with Gasteiger partial charge in [-0.3, -0.25) is 9.36 Å². The average molecular weight is 346 g/mol. The van der Waals surface area contributed by atoms with Crippen LogP contribution in [0, 0.1) is 0 Å². The molecule has 1 aromatic heterocycles. The van der Waals surface area contributed by atoms with E-state index in [1.165, 1.54) is 0 Å². The van der Waals surface area contributed by atoms with Gasteiger partial charge in [0.05, 0.1) is 18.7 Å². The first-order valence-corrected chi connectivity index (χ1v) is 8.80. The van der Waals surface area contributed by atoms with Crippen molar-refractivity contribution in [3.8, 4) is 5.75 Å². The number of carbonyl (C=O) groups excluding carboxylic acids is 1. The van der Waals surface area contributed by atoms with Crippen molar-refractivity contribution in [2.45, 2.75) is 31.7 Å². The van der Waals surface area contributed by atoms with Crippen LogP contribution in [-0.4, -0.2) is 55.7 Å². The van der Waals surface area contributed by atoms with Gasteiger partial charge in [-0.1, -0.05) is 6.42 Å². The Morgan fingerprint density at radius 3 is 2.72 bits per heavy atom. The van der Waals surface area contributed by atoms with Crippen LogP contribution in [0.4, 0.5) is 0 Å². The SMILES string of the molecule is COc1ccc2c(c1)c(CCN(C)C)cn2C(=O)C(N)CCCCN. The molecule has 1 unspecified atom stereocenters. The zero-order valence-corrected chi connectivity index (χ0v) is 15.5. The maximum Gasteiger partial charge on any atom is 0.247 e. The topological polar surface area (TPSA) is 86.5 Å². The average Bonchev–Trinajstić information content (AvgIpc) is 2.97. The fourth-order valence-corrected chi connectivity index (χ4v) is 2.94. The Morgan fingerprint density at radius 1 is 1.32 bits per heavy atom. The van der Waals surface area contributed by atoms with Crippen molar-refractivity contribution in [2.24, 2.45) is 11.5 Å². The molecule has 0 aliphatic heterocycles. The van der Waals surface area contributed by atoms with Gasteiger partial charge in [0, 0.05) is 18.1 Å². The van der Waals surface area contributed by atoms with E-state index in [2.05, 4.69) is 4.90 Å². The van der Waals surface area contributed by atoms with Crippen LogP contribution in [0.2, 0.25) is 0 Å². The highest BCUT2D eigenvalue weighted by atomic mass is 16.5. The molecular weight excluding hydrogens is 316 g/mol. The molecule has 1 aromatic carbocycles. The van der Waals surface area contributed by atoms with E-state index in [4.69, 9.17) is 16.2 Å². The summed E-state index contributed by atoms with van der Waals surface area (Å²) in [6.07, 6.45) is 5.19.